The molecule has 1 aromatic heterocycles. The predicted octanol–water partition coefficient (Wildman–Crippen LogP) is 5.09. The lowest BCUT2D eigenvalue weighted by molar-refractivity contribution is -0.137. The Morgan fingerprint density at radius 2 is 1.93 bits per heavy atom. The van der Waals surface area contributed by atoms with Crippen LogP contribution in [0.1, 0.15) is 18.4 Å². The van der Waals surface area contributed by atoms with Gasteiger partial charge in [0.15, 0.2) is 11.0 Å². The van der Waals surface area contributed by atoms with Crippen molar-refractivity contribution in [2.75, 3.05) is 5.75 Å². The van der Waals surface area contributed by atoms with Crippen molar-refractivity contribution in [2.45, 2.75) is 30.2 Å². The molecular formula is C20H16BrF3N4OS. The molecule has 1 amide bonds. The van der Waals surface area contributed by atoms with Crippen molar-refractivity contribution >= 4 is 33.6 Å². The first-order chi connectivity index (χ1) is 14.3. The fourth-order valence-electron chi connectivity index (χ4n) is 2.86. The molecule has 156 valence electrons. The quantitative estimate of drug-likeness (QED) is 0.483. The van der Waals surface area contributed by atoms with Crippen LogP contribution in [0.15, 0.2) is 58.2 Å². The topological polar surface area (TPSA) is 59.8 Å². The first-order valence-electron chi connectivity index (χ1n) is 9.13. The number of carbonyl (C=O) groups excluding carboxylic acids is 1. The summed E-state index contributed by atoms with van der Waals surface area (Å²) in [4.78, 5) is 12.1. The van der Waals surface area contributed by atoms with E-state index in [0.29, 0.717) is 16.5 Å². The number of alkyl halides is 3. The van der Waals surface area contributed by atoms with Gasteiger partial charge in [0.1, 0.15) is 0 Å². The highest BCUT2D eigenvalue weighted by Crippen LogP contribution is 2.35. The second-order valence-corrected chi connectivity index (χ2v) is 8.60. The van der Waals surface area contributed by atoms with E-state index in [0.717, 1.165) is 41.2 Å². The Balaban J connectivity index is 1.74. The fourth-order valence-corrected chi connectivity index (χ4v) is 4.09. The second kappa shape index (κ2) is 8.43. The molecule has 2 aromatic carbocycles. The number of thioether (sulfide) groups is 1. The highest BCUT2D eigenvalue weighted by Gasteiger charge is 2.31. The van der Waals surface area contributed by atoms with Gasteiger partial charge in [-0.1, -0.05) is 52.0 Å². The number of aromatic nitrogens is 3. The number of amides is 1. The minimum absolute atomic E-state index is 0.101. The molecule has 0 spiro atoms. The number of hydrogen-bond acceptors (Lipinski definition) is 4. The van der Waals surface area contributed by atoms with E-state index in [4.69, 9.17) is 0 Å². The van der Waals surface area contributed by atoms with Crippen LogP contribution < -0.4 is 5.32 Å². The summed E-state index contributed by atoms with van der Waals surface area (Å²) in [5.41, 5.74) is 0.177. The third-order valence-corrected chi connectivity index (χ3v) is 6.08. The summed E-state index contributed by atoms with van der Waals surface area (Å²) in [6.07, 6.45) is -2.53. The minimum atomic E-state index is -4.48. The van der Waals surface area contributed by atoms with Crippen molar-refractivity contribution in [2.24, 2.45) is 0 Å². The lowest BCUT2D eigenvalue weighted by Gasteiger charge is -2.13. The summed E-state index contributed by atoms with van der Waals surface area (Å²) < 4.78 is 42.1. The molecule has 0 atom stereocenters. The van der Waals surface area contributed by atoms with E-state index in [1.165, 1.54) is 6.07 Å². The molecule has 10 heteroatoms. The van der Waals surface area contributed by atoms with Gasteiger partial charge in [-0.2, -0.15) is 13.2 Å². The molecule has 0 unspecified atom stereocenters. The van der Waals surface area contributed by atoms with Gasteiger partial charge in [-0.15, -0.1) is 10.2 Å². The first-order valence-corrected chi connectivity index (χ1v) is 10.9. The molecule has 1 fully saturated rings. The number of rotatable bonds is 6. The number of nitrogens with one attached hydrogen (secondary N) is 1. The van der Waals surface area contributed by atoms with Gasteiger partial charge in [0.25, 0.3) is 0 Å². The Morgan fingerprint density at radius 3 is 2.63 bits per heavy atom. The van der Waals surface area contributed by atoms with Gasteiger partial charge in [-0.05, 0) is 37.1 Å². The van der Waals surface area contributed by atoms with Gasteiger partial charge in [0.05, 0.1) is 17.0 Å². The van der Waals surface area contributed by atoms with Gasteiger partial charge < -0.3 is 5.32 Å². The van der Waals surface area contributed by atoms with Crippen LogP contribution in [0, 0.1) is 0 Å². The van der Waals surface area contributed by atoms with E-state index in [1.807, 2.05) is 12.1 Å². The maximum Gasteiger partial charge on any atom is 0.416 e. The number of carbonyl (C=O) groups is 1. The van der Waals surface area contributed by atoms with E-state index in [2.05, 4.69) is 31.4 Å². The van der Waals surface area contributed by atoms with E-state index < -0.39 is 11.7 Å². The third-order valence-electron chi connectivity index (χ3n) is 4.45. The zero-order valence-electron chi connectivity index (χ0n) is 15.5. The van der Waals surface area contributed by atoms with Gasteiger partial charge >= 0.3 is 6.18 Å². The molecule has 0 saturated heterocycles. The van der Waals surface area contributed by atoms with Gasteiger partial charge in [-0.25, -0.2) is 0 Å². The summed E-state index contributed by atoms with van der Waals surface area (Å²) >= 11 is 4.59. The third kappa shape index (κ3) is 4.70. The zero-order valence-corrected chi connectivity index (χ0v) is 17.9. The lowest BCUT2D eigenvalue weighted by atomic mass is 10.1. The zero-order chi connectivity index (χ0) is 21.3. The van der Waals surface area contributed by atoms with Crippen LogP contribution in [-0.2, 0) is 11.0 Å². The van der Waals surface area contributed by atoms with Crippen LogP contribution in [0.3, 0.4) is 0 Å². The summed E-state index contributed by atoms with van der Waals surface area (Å²) in [5, 5.41) is 11.6. The van der Waals surface area contributed by atoms with Crippen molar-refractivity contribution in [3.05, 3.63) is 58.6 Å². The Bertz CT molecular complexity index is 1080. The average Bonchev–Trinajstić information content (AvgIpc) is 3.42. The second-order valence-electron chi connectivity index (χ2n) is 6.80. The summed E-state index contributed by atoms with van der Waals surface area (Å²) in [6, 6.07) is 12.5. The predicted molar refractivity (Wildman–Crippen MR) is 111 cm³/mol. The first kappa shape index (κ1) is 20.9. The fraction of sp³-hybridized carbons (Fsp3) is 0.250. The van der Waals surface area contributed by atoms with Crippen LogP contribution in [0.5, 0.6) is 0 Å². The summed E-state index contributed by atoms with van der Waals surface area (Å²) in [7, 11) is 0. The Kier molecular flexibility index (Phi) is 5.88. The molecular weight excluding hydrogens is 481 g/mol. The molecule has 1 aliphatic carbocycles. The smallest absolute Gasteiger partial charge is 0.353 e. The lowest BCUT2D eigenvalue weighted by Crippen LogP contribution is -2.27. The molecule has 0 bridgehead atoms. The molecule has 1 heterocycles. The van der Waals surface area contributed by atoms with Crippen LogP contribution >= 0.6 is 27.7 Å². The summed E-state index contributed by atoms with van der Waals surface area (Å²) in [5.74, 6) is 0.347. The van der Waals surface area contributed by atoms with Crippen molar-refractivity contribution in [1.29, 1.82) is 0 Å². The SMILES string of the molecule is O=C(CSc1nnc(-c2ccccc2Br)n1-c1cccc(C(F)(F)F)c1)NC1CC1. The molecule has 0 radical (unpaired) electrons. The number of halogens is 4. The minimum Gasteiger partial charge on any atom is -0.353 e. The molecule has 1 N–H and O–H groups in total. The Hall–Kier alpha value is -2.33. The molecule has 3 aromatic rings. The van der Waals surface area contributed by atoms with Crippen molar-refractivity contribution in [3.8, 4) is 17.1 Å². The van der Waals surface area contributed by atoms with Crippen molar-refractivity contribution in [1.82, 2.24) is 20.1 Å². The normalized spacial score (nSPS) is 14.0. The average molecular weight is 497 g/mol. The van der Waals surface area contributed by atoms with Crippen molar-refractivity contribution < 1.29 is 18.0 Å². The van der Waals surface area contributed by atoms with Crippen LogP contribution in [0.2, 0.25) is 0 Å². The number of nitrogens with zero attached hydrogens (tertiary/aromatic N) is 3. The monoisotopic (exact) mass is 496 g/mol. The molecule has 0 aliphatic heterocycles. The van der Waals surface area contributed by atoms with E-state index >= 15 is 0 Å². The largest absolute Gasteiger partial charge is 0.416 e. The maximum atomic E-state index is 13.3. The molecule has 30 heavy (non-hydrogen) atoms. The van der Waals surface area contributed by atoms with E-state index in [9.17, 15) is 18.0 Å². The van der Waals surface area contributed by atoms with E-state index in [1.54, 1.807) is 22.8 Å². The highest BCUT2D eigenvalue weighted by atomic mass is 79.9. The molecule has 1 aliphatic rings. The Labute approximate surface area is 183 Å². The maximum absolute atomic E-state index is 13.3. The van der Waals surface area contributed by atoms with Crippen LogP contribution in [-0.4, -0.2) is 32.5 Å². The molecule has 1 saturated carbocycles. The van der Waals surface area contributed by atoms with Gasteiger partial charge in [0.2, 0.25) is 5.91 Å². The molecule has 5 nitrogen and oxygen atoms in total. The standard InChI is InChI=1S/C20H16BrF3N4OS/c21-16-7-2-1-6-15(16)18-26-27-19(30-11-17(29)25-13-8-9-13)28(18)14-5-3-4-12(10-14)20(22,23)24/h1-7,10,13H,8-9,11H2,(H,25,29). The van der Waals surface area contributed by atoms with Crippen LogP contribution in [0.25, 0.3) is 17.1 Å². The number of hydrogen-bond donors (Lipinski definition) is 1. The van der Waals surface area contributed by atoms with Crippen LogP contribution in [0.4, 0.5) is 13.2 Å². The summed E-state index contributed by atoms with van der Waals surface area (Å²) in [6.45, 7) is 0. The van der Waals surface area contributed by atoms with Gasteiger partial charge in [-0.3, -0.25) is 9.36 Å². The Morgan fingerprint density at radius 1 is 1.17 bits per heavy atom. The highest BCUT2D eigenvalue weighted by molar-refractivity contribution is 9.10. The van der Waals surface area contributed by atoms with Crippen molar-refractivity contribution in [3.63, 3.8) is 0 Å². The number of benzene rings is 2. The van der Waals surface area contributed by atoms with Gasteiger partial charge in [0, 0.05) is 16.1 Å². The molecule has 4 rings (SSSR count). The van der Waals surface area contributed by atoms with E-state index in [-0.39, 0.29) is 23.4 Å².